The summed E-state index contributed by atoms with van der Waals surface area (Å²) < 4.78 is 12.6. The standard InChI is InChI=1S/C22H27N5O4/c28-11-13-31-19-3-1-2-17(14-19)15-26-8-5-21-25-24-20(27(21)10-9-26)4-7-23-22(29)18-6-12-30-16-18/h1-3,6,12,14,16,28H,4-5,7-11,13,15H2,(H,23,29). The van der Waals surface area contributed by atoms with Crippen LogP contribution in [-0.4, -0.2) is 63.5 Å². The Morgan fingerprint density at radius 3 is 3.00 bits per heavy atom. The second-order valence-electron chi connectivity index (χ2n) is 7.45. The number of benzene rings is 1. The number of aromatic nitrogens is 3. The first-order valence-electron chi connectivity index (χ1n) is 10.5. The molecule has 1 amide bonds. The molecule has 0 saturated heterocycles. The summed E-state index contributed by atoms with van der Waals surface area (Å²) in [6.45, 7) is 4.22. The fourth-order valence-corrected chi connectivity index (χ4v) is 3.71. The monoisotopic (exact) mass is 425 g/mol. The highest BCUT2D eigenvalue weighted by atomic mass is 16.5. The van der Waals surface area contributed by atoms with Crippen LogP contribution in [0.15, 0.2) is 47.3 Å². The summed E-state index contributed by atoms with van der Waals surface area (Å²) in [4.78, 5) is 14.4. The topological polar surface area (TPSA) is 106 Å². The van der Waals surface area contributed by atoms with E-state index in [9.17, 15) is 4.79 Å². The summed E-state index contributed by atoms with van der Waals surface area (Å²) in [5.41, 5.74) is 1.69. The third-order valence-corrected chi connectivity index (χ3v) is 5.28. The number of rotatable bonds is 9. The number of fused-ring (bicyclic) bond motifs is 1. The molecule has 0 spiro atoms. The SMILES string of the molecule is O=C(NCCc1nnc2n1CCN(Cc1cccc(OCCO)c1)CC2)c1ccoc1. The quantitative estimate of drug-likeness (QED) is 0.532. The lowest BCUT2D eigenvalue weighted by Gasteiger charge is -2.20. The van der Waals surface area contributed by atoms with Crippen molar-refractivity contribution < 1.29 is 19.1 Å². The minimum atomic E-state index is -0.152. The van der Waals surface area contributed by atoms with Crippen molar-refractivity contribution in [3.05, 3.63) is 65.6 Å². The first-order valence-corrected chi connectivity index (χ1v) is 10.5. The van der Waals surface area contributed by atoms with Gasteiger partial charge in [-0.15, -0.1) is 10.2 Å². The van der Waals surface area contributed by atoms with E-state index in [2.05, 4.69) is 31.0 Å². The summed E-state index contributed by atoms with van der Waals surface area (Å²) in [5.74, 6) is 2.50. The highest BCUT2D eigenvalue weighted by Gasteiger charge is 2.19. The lowest BCUT2D eigenvalue weighted by atomic mass is 10.2. The molecule has 9 heteroatoms. The van der Waals surface area contributed by atoms with E-state index in [0.29, 0.717) is 25.1 Å². The summed E-state index contributed by atoms with van der Waals surface area (Å²) in [6, 6.07) is 9.63. The van der Waals surface area contributed by atoms with Crippen LogP contribution in [-0.2, 0) is 25.9 Å². The molecular weight excluding hydrogens is 398 g/mol. The molecule has 3 aromatic rings. The zero-order chi connectivity index (χ0) is 21.5. The number of aliphatic hydroxyl groups excluding tert-OH is 1. The lowest BCUT2D eigenvalue weighted by molar-refractivity contribution is 0.0953. The van der Waals surface area contributed by atoms with Crippen LogP contribution < -0.4 is 10.1 Å². The van der Waals surface area contributed by atoms with Gasteiger partial charge in [0.25, 0.3) is 5.91 Å². The van der Waals surface area contributed by atoms with Crippen LogP contribution in [0, 0.1) is 0 Å². The fraction of sp³-hybridized carbons (Fsp3) is 0.409. The Kier molecular flexibility index (Phi) is 6.96. The van der Waals surface area contributed by atoms with Gasteiger partial charge in [-0.3, -0.25) is 9.69 Å². The van der Waals surface area contributed by atoms with E-state index in [1.54, 1.807) is 6.07 Å². The van der Waals surface area contributed by atoms with Gasteiger partial charge in [-0.1, -0.05) is 12.1 Å². The van der Waals surface area contributed by atoms with Crippen molar-refractivity contribution in [3.63, 3.8) is 0 Å². The average Bonchev–Trinajstić information content (AvgIpc) is 3.41. The van der Waals surface area contributed by atoms with Gasteiger partial charge in [-0.2, -0.15) is 0 Å². The lowest BCUT2D eigenvalue weighted by Crippen LogP contribution is -2.28. The van der Waals surface area contributed by atoms with Gasteiger partial charge in [0.15, 0.2) is 0 Å². The second-order valence-corrected chi connectivity index (χ2v) is 7.45. The van der Waals surface area contributed by atoms with E-state index in [1.165, 1.54) is 18.1 Å². The van der Waals surface area contributed by atoms with Gasteiger partial charge in [-0.25, -0.2) is 0 Å². The number of nitrogens with one attached hydrogen (secondary N) is 1. The van der Waals surface area contributed by atoms with Crippen molar-refractivity contribution in [2.24, 2.45) is 0 Å². The van der Waals surface area contributed by atoms with Crippen molar-refractivity contribution in [3.8, 4) is 5.75 Å². The molecule has 1 aromatic carbocycles. The van der Waals surface area contributed by atoms with Crippen LogP contribution in [0.2, 0.25) is 0 Å². The second kappa shape index (κ2) is 10.2. The van der Waals surface area contributed by atoms with E-state index >= 15 is 0 Å². The predicted molar refractivity (Wildman–Crippen MR) is 113 cm³/mol. The zero-order valence-electron chi connectivity index (χ0n) is 17.4. The Bertz CT molecular complexity index is 986. The van der Waals surface area contributed by atoms with Gasteiger partial charge in [0, 0.05) is 45.6 Å². The summed E-state index contributed by atoms with van der Waals surface area (Å²) in [7, 11) is 0. The van der Waals surface area contributed by atoms with Gasteiger partial charge in [0.05, 0.1) is 18.4 Å². The van der Waals surface area contributed by atoms with Gasteiger partial charge >= 0.3 is 0 Å². The third kappa shape index (κ3) is 5.50. The Morgan fingerprint density at radius 1 is 1.23 bits per heavy atom. The molecule has 0 fully saturated rings. The molecule has 164 valence electrons. The number of ether oxygens (including phenoxy) is 1. The van der Waals surface area contributed by atoms with E-state index < -0.39 is 0 Å². The number of carbonyl (C=O) groups excluding carboxylic acids is 1. The van der Waals surface area contributed by atoms with Gasteiger partial charge in [0.2, 0.25) is 0 Å². The van der Waals surface area contributed by atoms with Crippen molar-refractivity contribution >= 4 is 5.91 Å². The Labute approximate surface area is 180 Å². The minimum absolute atomic E-state index is 0.00515. The number of aliphatic hydroxyl groups is 1. The molecule has 3 heterocycles. The molecule has 2 aromatic heterocycles. The number of nitrogens with zero attached hydrogens (tertiary/aromatic N) is 4. The van der Waals surface area contributed by atoms with E-state index in [-0.39, 0.29) is 12.5 Å². The molecule has 0 unspecified atom stereocenters. The van der Waals surface area contributed by atoms with Crippen molar-refractivity contribution in [2.75, 3.05) is 32.8 Å². The average molecular weight is 425 g/mol. The maximum absolute atomic E-state index is 12.0. The van der Waals surface area contributed by atoms with Gasteiger partial charge < -0.3 is 24.1 Å². The number of hydrogen-bond acceptors (Lipinski definition) is 7. The van der Waals surface area contributed by atoms with Crippen LogP contribution in [0.4, 0.5) is 0 Å². The normalized spacial score (nSPS) is 14.1. The molecular formula is C22H27N5O4. The number of amides is 1. The van der Waals surface area contributed by atoms with Crippen LogP contribution in [0.3, 0.4) is 0 Å². The highest BCUT2D eigenvalue weighted by molar-refractivity contribution is 5.93. The van der Waals surface area contributed by atoms with E-state index in [0.717, 1.165) is 50.0 Å². The zero-order valence-corrected chi connectivity index (χ0v) is 17.4. The molecule has 0 atom stereocenters. The van der Waals surface area contributed by atoms with Crippen LogP contribution in [0.5, 0.6) is 5.75 Å². The largest absolute Gasteiger partial charge is 0.491 e. The number of carbonyl (C=O) groups is 1. The van der Waals surface area contributed by atoms with E-state index in [1.807, 2.05) is 18.2 Å². The molecule has 1 aliphatic rings. The smallest absolute Gasteiger partial charge is 0.254 e. The molecule has 0 aliphatic carbocycles. The first kappa shape index (κ1) is 21.1. The molecule has 2 N–H and O–H groups in total. The summed E-state index contributed by atoms with van der Waals surface area (Å²) in [5, 5.41) is 20.5. The van der Waals surface area contributed by atoms with Crippen LogP contribution in [0.25, 0.3) is 0 Å². The van der Waals surface area contributed by atoms with Crippen molar-refractivity contribution in [2.45, 2.75) is 25.9 Å². The van der Waals surface area contributed by atoms with Gasteiger partial charge in [0.1, 0.15) is 30.3 Å². The minimum Gasteiger partial charge on any atom is -0.491 e. The Hall–Kier alpha value is -3.17. The Morgan fingerprint density at radius 2 is 2.16 bits per heavy atom. The van der Waals surface area contributed by atoms with Crippen LogP contribution >= 0.6 is 0 Å². The molecule has 9 nitrogen and oxygen atoms in total. The molecule has 0 saturated carbocycles. The summed E-state index contributed by atoms with van der Waals surface area (Å²) in [6.07, 6.45) is 4.37. The maximum atomic E-state index is 12.0. The molecule has 0 radical (unpaired) electrons. The highest BCUT2D eigenvalue weighted by Crippen LogP contribution is 2.17. The number of furan rings is 1. The fourth-order valence-electron chi connectivity index (χ4n) is 3.71. The van der Waals surface area contributed by atoms with E-state index in [4.69, 9.17) is 14.3 Å². The van der Waals surface area contributed by atoms with Crippen molar-refractivity contribution in [1.82, 2.24) is 25.0 Å². The molecule has 31 heavy (non-hydrogen) atoms. The van der Waals surface area contributed by atoms with Gasteiger partial charge in [-0.05, 0) is 23.8 Å². The molecule has 1 aliphatic heterocycles. The molecule has 0 bridgehead atoms. The number of hydrogen-bond donors (Lipinski definition) is 2. The van der Waals surface area contributed by atoms with Crippen LogP contribution in [0.1, 0.15) is 27.6 Å². The maximum Gasteiger partial charge on any atom is 0.254 e. The predicted octanol–water partition coefficient (Wildman–Crippen LogP) is 1.27. The third-order valence-electron chi connectivity index (χ3n) is 5.28. The first-order chi connectivity index (χ1) is 15.2. The summed E-state index contributed by atoms with van der Waals surface area (Å²) >= 11 is 0. The van der Waals surface area contributed by atoms with Crippen molar-refractivity contribution in [1.29, 1.82) is 0 Å². The molecule has 4 rings (SSSR count). The Balaban J connectivity index is 1.30.